The molecule has 6 rings (SSSR count). The van der Waals surface area contributed by atoms with Crippen LogP contribution in [-0.4, -0.2) is 41.5 Å². The fourth-order valence-electron chi connectivity index (χ4n) is 5.07. The van der Waals surface area contributed by atoms with Gasteiger partial charge in [0, 0.05) is 43.0 Å². The third-order valence-corrected chi connectivity index (χ3v) is 5.90. The highest BCUT2D eigenvalue weighted by molar-refractivity contribution is 5.98. The predicted octanol–water partition coefficient (Wildman–Crippen LogP) is 2.24. The molecule has 1 aliphatic carbocycles. The van der Waals surface area contributed by atoms with Crippen LogP contribution in [0.4, 0.5) is 0 Å². The maximum absolute atomic E-state index is 12.7. The summed E-state index contributed by atoms with van der Waals surface area (Å²) in [5.74, 6) is 2.28. The molecule has 1 saturated carbocycles. The van der Waals surface area contributed by atoms with Crippen LogP contribution in [-0.2, 0) is 0 Å². The third kappa shape index (κ3) is 1.90. The van der Waals surface area contributed by atoms with Gasteiger partial charge in [0.2, 0.25) is 0 Å². The fraction of sp³-hybridized carbons (Fsp3) is 0.500. The van der Waals surface area contributed by atoms with Crippen molar-refractivity contribution >= 4 is 16.8 Å². The number of hydrogen-bond acceptors (Lipinski definition) is 2. The Morgan fingerprint density at radius 3 is 2.73 bits per heavy atom. The lowest BCUT2D eigenvalue weighted by Crippen LogP contribution is -2.64. The summed E-state index contributed by atoms with van der Waals surface area (Å²) >= 11 is 0. The lowest BCUT2D eigenvalue weighted by atomic mass is 9.65. The van der Waals surface area contributed by atoms with E-state index in [1.807, 2.05) is 30.5 Å². The van der Waals surface area contributed by atoms with Gasteiger partial charge in [0.1, 0.15) is 0 Å². The van der Waals surface area contributed by atoms with Gasteiger partial charge in [0.15, 0.2) is 0 Å². The van der Waals surface area contributed by atoms with Crippen LogP contribution in [0.25, 0.3) is 10.9 Å². The van der Waals surface area contributed by atoms with Gasteiger partial charge >= 0.3 is 0 Å². The topological polar surface area (TPSA) is 48.1 Å². The number of amides is 1. The second kappa shape index (κ2) is 4.59. The molecule has 3 saturated heterocycles. The average molecular weight is 295 g/mol. The number of nitrogens with zero attached hydrogens (tertiary/aromatic N) is 1. The molecule has 1 amide bonds. The van der Waals surface area contributed by atoms with Crippen molar-refractivity contribution in [3.8, 4) is 0 Å². The number of carbonyl (C=O) groups excluding carboxylic acids is 1. The SMILES string of the molecule is O=C(NC1C2CC3CC1CN(C3)C2)c1ccc2cc[nH]c2c1. The van der Waals surface area contributed by atoms with Crippen molar-refractivity contribution in [1.29, 1.82) is 0 Å². The molecule has 4 heteroatoms. The summed E-state index contributed by atoms with van der Waals surface area (Å²) in [7, 11) is 0. The fourth-order valence-corrected chi connectivity index (χ4v) is 5.07. The zero-order valence-corrected chi connectivity index (χ0v) is 12.6. The Bertz CT molecular complexity index is 707. The largest absolute Gasteiger partial charge is 0.361 e. The van der Waals surface area contributed by atoms with Gasteiger partial charge in [0.25, 0.3) is 5.91 Å². The number of piperidine rings is 3. The van der Waals surface area contributed by atoms with Gasteiger partial charge in [-0.15, -0.1) is 0 Å². The number of nitrogens with one attached hydrogen (secondary N) is 2. The van der Waals surface area contributed by atoms with E-state index in [0.717, 1.165) is 22.4 Å². The monoisotopic (exact) mass is 295 g/mol. The van der Waals surface area contributed by atoms with Crippen molar-refractivity contribution in [2.24, 2.45) is 17.8 Å². The summed E-state index contributed by atoms with van der Waals surface area (Å²) in [5.41, 5.74) is 1.80. The quantitative estimate of drug-likeness (QED) is 0.892. The van der Waals surface area contributed by atoms with E-state index < -0.39 is 0 Å². The summed E-state index contributed by atoms with van der Waals surface area (Å²) < 4.78 is 0. The van der Waals surface area contributed by atoms with Gasteiger partial charge in [-0.05, 0) is 54.2 Å². The van der Waals surface area contributed by atoms with Crippen molar-refractivity contribution in [3.63, 3.8) is 0 Å². The normalized spacial score (nSPS) is 35.9. The van der Waals surface area contributed by atoms with Crippen molar-refractivity contribution in [3.05, 3.63) is 36.0 Å². The smallest absolute Gasteiger partial charge is 0.251 e. The Morgan fingerprint density at radius 1 is 1.14 bits per heavy atom. The first-order chi connectivity index (χ1) is 10.8. The summed E-state index contributed by atoms with van der Waals surface area (Å²) in [6.07, 6.45) is 4.51. The third-order valence-electron chi connectivity index (χ3n) is 5.90. The Morgan fingerprint density at radius 2 is 1.95 bits per heavy atom. The van der Waals surface area contributed by atoms with E-state index in [-0.39, 0.29) is 5.91 Å². The molecule has 2 aromatic rings. The summed E-state index contributed by atoms with van der Waals surface area (Å²) in [6, 6.07) is 8.32. The number of H-pyrrole nitrogens is 1. The average Bonchev–Trinajstić information content (AvgIpc) is 2.97. The van der Waals surface area contributed by atoms with Crippen molar-refractivity contribution in [2.45, 2.75) is 18.9 Å². The predicted molar refractivity (Wildman–Crippen MR) is 85.7 cm³/mol. The molecule has 4 aliphatic rings. The molecular weight excluding hydrogens is 274 g/mol. The van der Waals surface area contributed by atoms with Crippen LogP contribution >= 0.6 is 0 Å². The molecule has 4 nitrogen and oxygen atoms in total. The van der Waals surface area contributed by atoms with Crippen LogP contribution in [0, 0.1) is 17.8 Å². The van der Waals surface area contributed by atoms with Crippen LogP contribution in [0.1, 0.15) is 23.2 Å². The molecule has 2 N–H and O–H groups in total. The minimum atomic E-state index is 0.0870. The number of carbonyl (C=O) groups is 1. The van der Waals surface area contributed by atoms with Crippen molar-refractivity contribution < 1.29 is 4.79 Å². The Hall–Kier alpha value is -1.81. The molecule has 4 bridgehead atoms. The number of fused-ring (bicyclic) bond motifs is 1. The first-order valence-electron chi connectivity index (χ1n) is 8.36. The minimum absolute atomic E-state index is 0.0870. The number of aromatic amines is 1. The Kier molecular flexibility index (Phi) is 2.65. The maximum Gasteiger partial charge on any atom is 0.251 e. The van der Waals surface area contributed by atoms with Gasteiger partial charge < -0.3 is 15.2 Å². The molecule has 4 heterocycles. The highest BCUT2D eigenvalue weighted by Gasteiger charge is 2.47. The molecule has 3 aliphatic heterocycles. The molecule has 0 spiro atoms. The Labute approximate surface area is 129 Å². The van der Waals surface area contributed by atoms with Gasteiger partial charge in [-0.3, -0.25) is 4.79 Å². The highest BCUT2D eigenvalue weighted by Crippen LogP contribution is 2.43. The zero-order valence-electron chi connectivity index (χ0n) is 12.6. The van der Waals surface area contributed by atoms with E-state index in [1.165, 1.54) is 32.5 Å². The van der Waals surface area contributed by atoms with E-state index in [9.17, 15) is 4.79 Å². The number of hydrogen-bond donors (Lipinski definition) is 2. The van der Waals surface area contributed by atoms with E-state index in [2.05, 4.69) is 15.2 Å². The second-order valence-corrected chi connectivity index (χ2v) is 7.36. The molecule has 0 radical (unpaired) electrons. The highest BCUT2D eigenvalue weighted by atomic mass is 16.1. The van der Waals surface area contributed by atoms with Gasteiger partial charge in [-0.2, -0.15) is 0 Å². The van der Waals surface area contributed by atoms with Crippen LogP contribution in [0.3, 0.4) is 0 Å². The van der Waals surface area contributed by atoms with Crippen LogP contribution < -0.4 is 5.32 Å². The number of rotatable bonds is 2. The lowest BCUT2D eigenvalue weighted by Gasteiger charge is -2.55. The maximum atomic E-state index is 12.7. The van der Waals surface area contributed by atoms with Crippen molar-refractivity contribution in [1.82, 2.24) is 15.2 Å². The second-order valence-electron chi connectivity index (χ2n) is 7.36. The van der Waals surface area contributed by atoms with Gasteiger partial charge in [-0.25, -0.2) is 0 Å². The summed E-state index contributed by atoms with van der Waals surface area (Å²) in [6.45, 7) is 3.64. The van der Waals surface area contributed by atoms with E-state index in [0.29, 0.717) is 17.9 Å². The van der Waals surface area contributed by atoms with Crippen LogP contribution in [0.2, 0.25) is 0 Å². The van der Waals surface area contributed by atoms with Crippen LogP contribution in [0.5, 0.6) is 0 Å². The molecule has 1 aromatic carbocycles. The summed E-state index contributed by atoms with van der Waals surface area (Å²) in [5, 5.41) is 4.51. The van der Waals surface area contributed by atoms with Crippen molar-refractivity contribution in [2.75, 3.05) is 19.6 Å². The molecule has 4 fully saturated rings. The molecule has 2 atom stereocenters. The molecule has 2 unspecified atom stereocenters. The minimum Gasteiger partial charge on any atom is -0.361 e. The van der Waals surface area contributed by atoms with E-state index in [1.54, 1.807) is 0 Å². The van der Waals surface area contributed by atoms with Gasteiger partial charge in [0.05, 0.1) is 0 Å². The first kappa shape index (κ1) is 12.7. The van der Waals surface area contributed by atoms with Gasteiger partial charge in [-0.1, -0.05) is 6.07 Å². The molecular formula is C18H21N3O. The summed E-state index contributed by atoms with van der Waals surface area (Å²) in [4.78, 5) is 18.4. The lowest BCUT2D eigenvalue weighted by molar-refractivity contribution is -0.0418. The zero-order chi connectivity index (χ0) is 14.7. The standard InChI is InChI=1S/C18H21N3O/c22-18(13-2-1-12-3-4-19-16(12)7-13)20-17-14-5-11-6-15(17)10-21(8-11)9-14/h1-4,7,11,14-15,17,19H,5-6,8-10H2,(H,20,22). The molecule has 1 aromatic heterocycles. The van der Waals surface area contributed by atoms with E-state index >= 15 is 0 Å². The molecule has 22 heavy (non-hydrogen) atoms. The van der Waals surface area contributed by atoms with Crippen LogP contribution in [0.15, 0.2) is 30.5 Å². The first-order valence-corrected chi connectivity index (χ1v) is 8.36. The number of aromatic nitrogens is 1. The Balaban J connectivity index is 1.38. The number of benzene rings is 1. The molecule has 114 valence electrons. The van der Waals surface area contributed by atoms with E-state index in [4.69, 9.17) is 0 Å².